The molecular formula is C7H16O2. The molecule has 0 unspecified atom stereocenters. The van der Waals surface area contributed by atoms with Gasteiger partial charge in [-0.05, 0) is 6.42 Å². The zero-order valence-corrected chi connectivity index (χ0v) is 6.17. The molecule has 0 spiro atoms. The van der Waals surface area contributed by atoms with Crippen LogP contribution in [0.5, 0.6) is 0 Å². The molecular weight excluding hydrogens is 116 g/mol. The molecule has 0 fully saturated rings. The molecule has 0 aliphatic carbocycles. The van der Waals surface area contributed by atoms with Crippen LogP contribution >= 0.6 is 0 Å². The molecule has 0 amide bonds. The van der Waals surface area contributed by atoms with Gasteiger partial charge in [-0.15, -0.1) is 0 Å². The van der Waals surface area contributed by atoms with Gasteiger partial charge in [0, 0.05) is 12.5 Å². The molecule has 0 bridgehead atoms. The molecule has 56 valence electrons. The predicted molar refractivity (Wildman–Crippen MR) is 37.2 cm³/mol. The van der Waals surface area contributed by atoms with E-state index in [9.17, 15) is 0 Å². The second-order valence-electron chi connectivity index (χ2n) is 2.52. The number of hydrogen-bond acceptors (Lipinski definition) is 2. The summed E-state index contributed by atoms with van der Waals surface area (Å²) in [6.07, 6.45) is 1.45. The zero-order chi connectivity index (χ0) is 7.28. The highest BCUT2D eigenvalue weighted by Gasteiger charge is 2.10. The van der Waals surface area contributed by atoms with Gasteiger partial charge >= 0.3 is 0 Å². The van der Waals surface area contributed by atoms with Crippen LogP contribution in [0.2, 0.25) is 0 Å². The average molecular weight is 132 g/mol. The normalized spacial score (nSPS) is 17.3. The molecule has 9 heavy (non-hydrogen) atoms. The first-order chi connectivity index (χ1) is 4.22. The van der Waals surface area contributed by atoms with Crippen LogP contribution in [0.4, 0.5) is 0 Å². The Bertz CT molecular complexity index is 63.9. The lowest BCUT2D eigenvalue weighted by Crippen LogP contribution is -2.20. The Labute approximate surface area is 56.5 Å². The van der Waals surface area contributed by atoms with E-state index in [1.807, 2.05) is 13.8 Å². The van der Waals surface area contributed by atoms with Crippen LogP contribution in [0.3, 0.4) is 0 Å². The Balaban J connectivity index is 3.32. The van der Waals surface area contributed by atoms with E-state index in [1.165, 1.54) is 0 Å². The maximum atomic E-state index is 9.16. The molecule has 2 atom stereocenters. The number of rotatable bonds is 4. The first-order valence-electron chi connectivity index (χ1n) is 3.51. The van der Waals surface area contributed by atoms with E-state index in [-0.39, 0.29) is 18.6 Å². The van der Waals surface area contributed by atoms with E-state index in [1.54, 1.807) is 0 Å². The molecule has 0 aromatic heterocycles. The van der Waals surface area contributed by atoms with Gasteiger partial charge in [0.1, 0.15) is 0 Å². The molecule has 0 radical (unpaired) electrons. The lowest BCUT2D eigenvalue weighted by molar-refractivity contribution is 0.0701. The molecule has 2 nitrogen and oxygen atoms in total. The third kappa shape index (κ3) is 3.49. The van der Waals surface area contributed by atoms with E-state index < -0.39 is 0 Å². The van der Waals surface area contributed by atoms with Gasteiger partial charge in [-0.25, -0.2) is 0 Å². The van der Waals surface area contributed by atoms with Crippen LogP contribution in [0, 0.1) is 5.92 Å². The Kier molecular flexibility index (Phi) is 4.72. The lowest BCUT2D eigenvalue weighted by Gasteiger charge is -2.14. The van der Waals surface area contributed by atoms with Gasteiger partial charge in [-0.1, -0.05) is 20.3 Å². The molecule has 0 aliphatic heterocycles. The fourth-order valence-corrected chi connectivity index (χ4v) is 0.702. The van der Waals surface area contributed by atoms with Crippen molar-refractivity contribution in [2.24, 2.45) is 5.92 Å². The van der Waals surface area contributed by atoms with Crippen LogP contribution in [-0.4, -0.2) is 22.9 Å². The van der Waals surface area contributed by atoms with Crippen LogP contribution in [-0.2, 0) is 0 Å². The van der Waals surface area contributed by atoms with Crippen molar-refractivity contribution in [1.82, 2.24) is 0 Å². The largest absolute Gasteiger partial charge is 0.396 e. The van der Waals surface area contributed by atoms with Gasteiger partial charge in [0.2, 0.25) is 0 Å². The van der Waals surface area contributed by atoms with Crippen molar-refractivity contribution in [3.05, 3.63) is 0 Å². The van der Waals surface area contributed by atoms with E-state index in [0.29, 0.717) is 0 Å². The highest BCUT2D eigenvalue weighted by atomic mass is 16.3. The molecule has 0 rings (SSSR count). The Hall–Kier alpha value is -0.0800. The first kappa shape index (κ1) is 8.92. The van der Waals surface area contributed by atoms with Gasteiger partial charge in [0.25, 0.3) is 0 Å². The van der Waals surface area contributed by atoms with Crippen LogP contribution in [0.25, 0.3) is 0 Å². The molecule has 0 saturated heterocycles. The summed E-state index contributed by atoms with van der Waals surface area (Å²) in [6.45, 7) is 3.95. The minimum atomic E-state index is -0.319. The summed E-state index contributed by atoms with van der Waals surface area (Å²) in [6, 6.07) is 0. The van der Waals surface area contributed by atoms with E-state index in [4.69, 9.17) is 10.2 Å². The average Bonchev–Trinajstić information content (AvgIpc) is 1.87. The van der Waals surface area contributed by atoms with Crippen molar-refractivity contribution in [1.29, 1.82) is 0 Å². The maximum absolute atomic E-state index is 9.16. The Morgan fingerprint density at radius 2 is 2.00 bits per heavy atom. The SMILES string of the molecule is CCC[C@@H](O)[C@@H](C)CO. The van der Waals surface area contributed by atoms with E-state index in [0.717, 1.165) is 12.8 Å². The summed E-state index contributed by atoms with van der Waals surface area (Å²) in [5.74, 6) is 0.0324. The van der Waals surface area contributed by atoms with Gasteiger partial charge in [0.15, 0.2) is 0 Å². The molecule has 2 N–H and O–H groups in total. The first-order valence-corrected chi connectivity index (χ1v) is 3.51. The van der Waals surface area contributed by atoms with Crippen molar-refractivity contribution in [3.8, 4) is 0 Å². The zero-order valence-electron chi connectivity index (χ0n) is 6.17. The monoisotopic (exact) mass is 132 g/mol. The highest BCUT2D eigenvalue weighted by Crippen LogP contribution is 2.06. The molecule has 0 aromatic carbocycles. The molecule has 0 aliphatic rings. The van der Waals surface area contributed by atoms with E-state index in [2.05, 4.69) is 0 Å². The van der Waals surface area contributed by atoms with E-state index >= 15 is 0 Å². The second-order valence-corrected chi connectivity index (χ2v) is 2.52. The number of aliphatic hydroxyl groups is 2. The summed E-state index contributed by atoms with van der Waals surface area (Å²) in [7, 11) is 0. The topological polar surface area (TPSA) is 40.5 Å². The molecule has 0 aromatic rings. The smallest absolute Gasteiger partial charge is 0.0587 e. The molecule has 0 heterocycles. The number of aliphatic hydroxyl groups excluding tert-OH is 2. The van der Waals surface area contributed by atoms with Gasteiger partial charge in [-0.2, -0.15) is 0 Å². The van der Waals surface area contributed by atoms with Gasteiger partial charge < -0.3 is 10.2 Å². The van der Waals surface area contributed by atoms with Crippen LogP contribution in [0.1, 0.15) is 26.7 Å². The minimum absolute atomic E-state index is 0.0324. The van der Waals surface area contributed by atoms with Crippen molar-refractivity contribution in [2.45, 2.75) is 32.8 Å². The maximum Gasteiger partial charge on any atom is 0.0587 e. The molecule has 0 saturated carbocycles. The van der Waals surface area contributed by atoms with Crippen molar-refractivity contribution < 1.29 is 10.2 Å². The molecule has 2 heteroatoms. The highest BCUT2D eigenvalue weighted by molar-refractivity contribution is 4.61. The van der Waals surface area contributed by atoms with Gasteiger partial charge in [-0.3, -0.25) is 0 Å². The summed E-state index contributed by atoms with van der Waals surface area (Å²) in [5, 5.41) is 17.7. The van der Waals surface area contributed by atoms with Crippen molar-refractivity contribution >= 4 is 0 Å². The van der Waals surface area contributed by atoms with Gasteiger partial charge in [0.05, 0.1) is 6.10 Å². The fraction of sp³-hybridized carbons (Fsp3) is 1.00. The standard InChI is InChI=1S/C7H16O2/c1-3-4-7(9)6(2)5-8/h6-9H,3-5H2,1-2H3/t6-,7+/m0/s1. The van der Waals surface area contributed by atoms with Crippen LogP contribution in [0.15, 0.2) is 0 Å². The second kappa shape index (κ2) is 4.77. The van der Waals surface area contributed by atoms with Crippen LogP contribution < -0.4 is 0 Å². The minimum Gasteiger partial charge on any atom is -0.396 e. The summed E-state index contributed by atoms with van der Waals surface area (Å²) in [4.78, 5) is 0. The summed E-state index contributed by atoms with van der Waals surface area (Å²) >= 11 is 0. The van der Waals surface area contributed by atoms with Crippen molar-refractivity contribution in [3.63, 3.8) is 0 Å². The summed E-state index contributed by atoms with van der Waals surface area (Å²) in [5.41, 5.74) is 0. The summed E-state index contributed by atoms with van der Waals surface area (Å²) < 4.78 is 0. The third-order valence-electron chi connectivity index (χ3n) is 1.53. The Morgan fingerprint density at radius 1 is 1.44 bits per heavy atom. The van der Waals surface area contributed by atoms with Crippen molar-refractivity contribution in [2.75, 3.05) is 6.61 Å². The Morgan fingerprint density at radius 3 is 2.33 bits per heavy atom. The quantitative estimate of drug-likeness (QED) is 0.593. The number of hydrogen-bond donors (Lipinski definition) is 2. The predicted octanol–water partition coefficient (Wildman–Crippen LogP) is 0.776. The third-order valence-corrected chi connectivity index (χ3v) is 1.53. The fourth-order valence-electron chi connectivity index (χ4n) is 0.702. The lowest BCUT2D eigenvalue weighted by atomic mass is 10.0.